The Morgan fingerprint density at radius 3 is 1.25 bits per heavy atom. The summed E-state index contributed by atoms with van der Waals surface area (Å²) in [5.74, 6) is 0. The third kappa shape index (κ3) is 4.45. The van der Waals surface area contributed by atoms with E-state index in [1.807, 2.05) is 22.7 Å². The quantitative estimate of drug-likeness (QED) is 0.161. The van der Waals surface area contributed by atoms with Crippen molar-refractivity contribution in [1.29, 1.82) is 0 Å². The zero-order valence-corrected chi connectivity index (χ0v) is 29.8. The maximum absolute atomic E-state index is 2.44. The maximum atomic E-state index is 2.44. The zero-order valence-electron chi connectivity index (χ0n) is 28.1. The molecule has 0 saturated heterocycles. The second kappa shape index (κ2) is 11.7. The van der Waals surface area contributed by atoms with Gasteiger partial charge in [0, 0.05) is 30.6 Å². The Hall–Kier alpha value is -6.06. The first-order valence-electron chi connectivity index (χ1n) is 17.7. The Morgan fingerprint density at radius 1 is 0.269 bits per heavy atom. The minimum Gasteiger partial charge on any atom is -0.144 e. The zero-order chi connectivity index (χ0) is 34.2. The summed E-state index contributed by atoms with van der Waals surface area (Å²) < 4.78 is 2.63. The van der Waals surface area contributed by atoms with E-state index in [2.05, 4.69) is 181 Å². The van der Waals surface area contributed by atoms with Crippen LogP contribution in [0, 0.1) is 0 Å². The van der Waals surface area contributed by atoms with Gasteiger partial charge in [0.15, 0.2) is 0 Å². The van der Waals surface area contributed by atoms with E-state index in [0.717, 1.165) is 0 Å². The Labute approximate surface area is 309 Å². The fourth-order valence-corrected chi connectivity index (χ4v) is 10.5. The Bertz CT molecular complexity index is 3050. The van der Waals surface area contributed by atoms with Gasteiger partial charge in [-0.05, 0) is 106 Å². The third-order valence-corrected chi connectivity index (χ3v) is 12.8. The molecule has 52 heavy (non-hydrogen) atoms. The molecule has 0 N–H and O–H groups in total. The molecule has 0 aliphatic carbocycles. The smallest absolute Gasteiger partial charge is 0.0361 e. The Kier molecular flexibility index (Phi) is 6.70. The van der Waals surface area contributed by atoms with Crippen LogP contribution in [0.4, 0.5) is 0 Å². The first-order chi connectivity index (χ1) is 25.8. The molecule has 9 aromatic carbocycles. The van der Waals surface area contributed by atoms with Gasteiger partial charge in [-0.15, -0.1) is 22.7 Å². The van der Waals surface area contributed by atoms with Crippen molar-refractivity contribution in [2.24, 2.45) is 0 Å². The van der Waals surface area contributed by atoms with Crippen molar-refractivity contribution >= 4 is 85.9 Å². The largest absolute Gasteiger partial charge is 0.144 e. The van der Waals surface area contributed by atoms with Crippen molar-refractivity contribution in [3.8, 4) is 43.8 Å². The molecular weight excluding hydrogens is 665 g/mol. The fourth-order valence-electron chi connectivity index (χ4n) is 8.57. The van der Waals surface area contributed by atoms with Crippen LogP contribution in [0.3, 0.4) is 0 Å². The summed E-state index contributed by atoms with van der Waals surface area (Å²) in [7, 11) is 0. The summed E-state index contributed by atoms with van der Waals surface area (Å²) in [6.07, 6.45) is 0. The third-order valence-electron chi connectivity index (χ3n) is 10.7. The second-order valence-corrected chi connectivity index (χ2v) is 15.6. The van der Waals surface area contributed by atoms with Crippen molar-refractivity contribution in [2.45, 2.75) is 0 Å². The highest BCUT2D eigenvalue weighted by Gasteiger charge is 2.20. The van der Waals surface area contributed by atoms with Gasteiger partial charge in [0.2, 0.25) is 0 Å². The lowest BCUT2D eigenvalue weighted by Crippen LogP contribution is -1.90. The van der Waals surface area contributed by atoms with Crippen LogP contribution < -0.4 is 0 Å². The van der Waals surface area contributed by atoms with E-state index in [0.29, 0.717) is 0 Å². The van der Waals surface area contributed by atoms with E-state index in [4.69, 9.17) is 0 Å². The summed E-state index contributed by atoms with van der Waals surface area (Å²) in [5, 5.41) is 15.1. The van der Waals surface area contributed by atoms with Crippen LogP contribution in [0.5, 0.6) is 0 Å². The van der Waals surface area contributed by atoms with Crippen LogP contribution in [0.2, 0.25) is 0 Å². The van der Waals surface area contributed by atoms with E-state index < -0.39 is 0 Å². The minimum atomic E-state index is 1.25. The summed E-state index contributed by atoms with van der Waals surface area (Å²) in [5.41, 5.74) is 9.00. The van der Waals surface area contributed by atoms with E-state index in [1.54, 1.807) is 0 Å². The highest BCUT2D eigenvalue weighted by Crippen LogP contribution is 2.48. The van der Waals surface area contributed by atoms with Crippen LogP contribution in [0.1, 0.15) is 0 Å². The van der Waals surface area contributed by atoms with Crippen LogP contribution in [-0.2, 0) is 0 Å². The van der Waals surface area contributed by atoms with Gasteiger partial charge >= 0.3 is 0 Å². The lowest BCUT2D eigenvalue weighted by molar-refractivity contribution is 1.66. The standard InChI is InChI=1S/C50H30S2/c1-2-13-31(14-3-1)47-35-15-4-6-17-37(35)49(38-18-7-5-16-36(38)47)33-24-26-34-43-29-32(25-27-44(43)52-46(34)30-33)48-39-19-8-10-21-41(39)50(45-23-12-28-51-45)42-22-11-9-20-40(42)48/h1-30H. The van der Waals surface area contributed by atoms with E-state index in [9.17, 15) is 0 Å². The molecule has 11 rings (SSSR count). The van der Waals surface area contributed by atoms with Gasteiger partial charge in [-0.2, -0.15) is 0 Å². The lowest BCUT2D eigenvalue weighted by Gasteiger charge is -2.17. The van der Waals surface area contributed by atoms with Gasteiger partial charge < -0.3 is 0 Å². The highest BCUT2D eigenvalue weighted by molar-refractivity contribution is 7.25. The molecule has 0 nitrogen and oxygen atoms in total. The highest BCUT2D eigenvalue weighted by atomic mass is 32.1. The van der Waals surface area contributed by atoms with Crippen molar-refractivity contribution in [3.05, 3.63) is 181 Å². The predicted octanol–water partition coefficient (Wildman–Crippen LogP) is 15.4. The van der Waals surface area contributed by atoms with Gasteiger partial charge in [0.1, 0.15) is 0 Å². The number of hydrogen-bond acceptors (Lipinski definition) is 2. The van der Waals surface area contributed by atoms with Crippen LogP contribution in [0.15, 0.2) is 181 Å². The molecule has 0 fully saturated rings. The lowest BCUT2D eigenvalue weighted by atomic mass is 9.86. The van der Waals surface area contributed by atoms with Gasteiger partial charge in [-0.3, -0.25) is 0 Å². The number of fused-ring (bicyclic) bond motifs is 7. The summed E-state index contributed by atoms with van der Waals surface area (Å²) >= 11 is 3.71. The van der Waals surface area contributed by atoms with Crippen molar-refractivity contribution in [2.75, 3.05) is 0 Å². The van der Waals surface area contributed by atoms with Gasteiger partial charge in [0.05, 0.1) is 0 Å². The van der Waals surface area contributed by atoms with Gasteiger partial charge in [-0.1, -0.05) is 152 Å². The molecule has 0 saturated carbocycles. The first kappa shape index (κ1) is 29.6. The minimum absolute atomic E-state index is 1.25. The average molecular weight is 695 g/mol. The summed E-state index contributed by atoms with van der Waals surface area (Å²) in [4.78, 5) is 1.31. The number of hydrogen-bond donors (Lipinski definition) is 0. The van der Waals surface area contributed by atoms with Crippen molar-refractivity contribution in [3.63, 3.8) is 0 Å². The molecule has 0 aliphatic rings. The topological polar surface area (TPSA) is 0 Å². The molecule has 0 amide bonds. The monoisotopic (exact) mass is 694 g/mol. The maximum Gasteiger partial charge on any atom is 0.0361 e. The molecule has 0 bridgehead atoms. The van der Waals surface area contributed by atoms with Gasteiger partial charge in [0.25, 0.3) is 0 Å². The SMILES string of the molecule is c1ccc(-c2c3ccccc3c(-c3ccc4c(c3)sc3ccc(-c5c6ccccc6c(-c6cccs6)c6ccccc56)cc34)c3ccccc23)cc1. The molecule has 242 valence electrons. The summed E-state index contributed by atoms with van der Waals surface area (Å²) in [6.45, 7) is 0. The van der Waals surface area contributed by atoms with E-state index in [-0.39, 0.29) is 0 Å². The van der Waals surface area contributed by atoms with Crippen molar-refractivity contribution < 1.29 is 0 Å². The van der Waals surface area contributed by atoms with Crippen LogP contribution >= 0.6 is 22.7 Å². The number of benzene rings is 9. The van der Waals surface area contributed by atoms with Crippen LogP contribution in [0.25, 0.3) is 107 Å². The normalized spacial score (nSPS) is 11.8. The van der Waals surface area contributed by atoms with E-state index >= 15 is 0 Å². The second-order valence-electron chi connectivity index (χ2n) is 13.5. The first-order valence-corrected chi connectivity index (χ1v) is 19.4. The fraction of sp³-hybridized carbons (Fsp3) is 0. The van der Waals surface area contributed by atoms with E-state index in [1.165, 1.54) is 107 Å². The Morgan fingerprint density at radius 2 is 0.731 bits per heavy atom. The van der Waals surface area contributed by atoms with Gasteiger partial charge in [-0.25, -0.2) is 0 Å². The molecule has 0 radical (unpaired) electrons. The number of rotatable bonds is 4. The molecule has 0 unspecified atom stereocenters. The molecule has 0 aliphatic heterocycles. The summed E-state index contributed by atoms with van der Waals surface area (Å²) in [6, 6.07) is 65.2. The molecule has 2 heteroatoms. The van der Waals surface area contributed by atoms with Crippen molar-refractivity contribution in [1.82, 2.24) is 0 Å². The molecule has 0 spiro atoms. The molecule has 2 aromatic heterocycles. The molecule has 2 heterocycles. The predicted molar refractivity (Wildman–Crippen MR) is 229 cm³/mol. The molecular formula is C50H30S2. The molecule has 11 aromatic rings. The average Bonchev–Trinajstić information content (AvgIpc) is 3.87. The van der Waals surface area contributed by atoms with Crippen LogP contribution in [-0.4, -0.2) is 0 Å². The number of thiophene rings is 2. The Balaban J connectivity index is 1.13. The molecule has 0 atom stereocenters.